The largest absolute Gasteiger partial charge is 0.492 e. The summed E-state index contributed by atoms with van der Waals surface area (Å²) in [7, 11) is 0. The number of piperidine rings is 1. The van der Waals surface area contributed by atoms with Gasteiger partial charge in [-0.15, -0.1) is 0 Å². The number of nitrogens with zero attached hydrogens (tertiary/aromatic N) is 4. The topological polar surface area (TPSA) is 84.0 Å². The first kappa shape index (κ1) is 30.9. The molecule has 43 heavy (non-hydrogen) atoms. The molecule has 2 aromatic carbocycles. The van der Waals surface area contributed by atoms with Gasteiger partial charge in [0.1, 0.15) is 24.6 Å². The van der Waals surface area contributed by atoms with Gasteiger partial charge in [0.15, 0.2) is 0 Å². The van der Waals surface area contributed by atoms with Crippen LogP contribution in [0.3, 0.4) is 0 Å². The molecule has 10 nitrogen and oxygen atoms in total. The molecule has 5 rings (SSSR count). The van der Waals surface area contributed by atoms with Gasteiger partial charge in [0.05, 0.1) is 12.2 Å². The van der Waals surface area contributed by atoms with Gasteiger partial charge in [0, 0.05) is 70.7 Å². The van der Waals surface area contributed by atoms with Crippen LogP contribution in [0.2, 0.25) is 0 Å². The van der Waals surface area contributed by atoms with Gasteiger partial charge in [0.25, 0.3) is 0 Å². The van der Waals surface area contributed by atoms with Gasteiger partial charge in [-0.25, -0.2) is 9.59 Å². The molecule has 2 amide bonds. The van der Waals surface area contributed by atoms with Gasteiger partial charge in [-0.05, 0) is 51.3 Å². The molecule has 3 heterocycles. The number of amides is 2. The minimum Gasteiger partial charge on any atom is -0.492 e. The Labute approximate surface area is 255 Å². The molecule has 0 unspecified atom stereocenters. The highest BCUT2D eigenvalue weighted by Crippen LogP contribution is 2.33. The monoisotopic (exact) mass is 594 g/mol. The highest BCUT2D eigenvalue weighted by Gasteiger charge is 2.41. The van der Waals surface area contributed by atoms with Crippen LogP contribution < -0.4 is 9.64 Å². The Kier molecular flexibility index (Phi) is 9.97. The molecule has 0 N–H and O–H groups in total. The average Bonchev–Trinajstić information content (AvgIpc) is 3.00. The SMILES string of the molecule is CC(C)(C)OC(=O)N1CCN(CCOc2cccc(N3CCOC4(CCN(C(=O)OCc5ccccc5)CC4)C3)c2)CC1. The first-order valence-corrected chi connectivity index (χ1v) is 15.5. The minimum absolute atomic E-state index is 0.239. The summed E-state index contributed by atoms with van der Waals surface area (Å²) in [5.41, 5.74) is 1.36. The molecule has 1 spiro atoms. The number of carbonyl (C=O) groups is 2. The van der Waals surface area contributed by atoms with Crippen LogP contribution in [-0.4, -0.2) is 110 Å². The van der Waals surface area contributed by atoms with E-state index in [-0.39, 0.29) is 24.4 Å². The lowest BCUT2D eigenvalue weighted by atomic mass is 9.89. The van der Waals surface area contributed by atoms with E-state index in [1.165, 1.54) is 0 Å². The molecule has 2 aromatic rings. The molecule has 10 heteroatoms. The fourth-order valence-electron chi connectivity index (χ4n) is 5.82. The smallest absolute Gasteiger partial charge is 0.410 e. The Hall–Kier alpha value is -3.50. The van der Waals surface area contributed by atoms with Gasteiger partial charge in [-0.1, -0.05) is 36.4 Å². The molecule has 0 saturated carbocycles. The summed E-state index contributed by atoms with van der Waals surface area (Å²) in [5, 5.41) is 0. The van der Waals surface area contributed by atoms with Gasteiger partial charge in [-0.3, -0.25) is 4.90 Å². The molecule has 0 aromatic heterocycles. The second kappa shape index (κ2) is 13.9. The first-order valence-electron chi connectivity index (χ1n) is 15.5. The molecule has 3 fully saturated rings. The van der Waals surface area contributed by atoms with Gasteiger partial charge in [-0.2, -0.15) is 0 Å². The lowest BCUT2D eigenvalue weighted by molar-refractivity contribution is -0.0889. The molecule has 0 radical (unpaired) electrons. The zero-order chi connectivity index (χ0) is 30.3. The van der Waals surface area contributed by atoms with Crippen molar-refractivity contribution in [1.29, 1.82) is 0 Å². The van der Waals surface area contributed by atoms with Crippen LogP contribution in [0.25, 0.3) is 0 Å². The maximum atomic E-state index is 12.7. The highest BCUT2D eigenvalue weighted by molar-refractivity contribution is 5.68. The van der Waals surface area contributed by atoms with Crippen LogP contribution >= 0.6 is 0 Å². The van der Waals surface area contributed by atoms with E-state index in [0.29, 0.717) is 39.4 Å². The molecule has 0 aliphatic carbocycles. The van der Waals surface area contributed by atoms with Gasteiger partial charge >= 0.3 is 12.2 Å². The van der Waals surface area contributed by atoms with Crippen LogP contribution in [0.4, 0.5) is 15.3 Å². The van der Waals surface area contributed by atoms with Crippen LogP contribution in [0.5, 0.6) is 5.75 Å². The highest BCUT2D eigenvalue weighted by atomic mass is 16.6. The van der Waals surface area contributed by atoms with E-state index in [9.17, 15) is 9.59 Å². The van der Waals surface area contributed by atoms with Crippen LogP contribution in [0, 0.1) is 0 Å². The van der Waals surface area contributed by atoms with Crippen molar-refractivity contribution < 1.29 is 28.5 Å². The summed E-state index contributed by atoms with van der Waals surface area (Å²) in [6.45, 7) is 13.8. The molecule has 0 atom stereocenters. The number of morpholine rings is 1. The lowest BCUT2D eigenvalue weighted by Gasteiger charge is -2.47. The normalized spacial score (nSPS) is 19.3. The lowest BCUT2D eigenvalue weighted by Crippen LogP contribution is -2.57. The van der Waals surface area contributed by atoms with Gasteiger partial charge < -0.3 is 33.6 Å². The molecular weight excluding hydrogens is 548 g/mol. The number of ether oxygens (including phenoxy) is 4. The van der Waals surface area contributed by atoms with Crippen molar-refractivity contribution >= 4 is 17.9 Å². The van der Waals surface area contributed by atoms with Crippen LogP contribution in [-0.2, 0) is 20.8 Å². The van der Waals surface area contributed by atoms with Crippen molar-refractivity contribution in [1.82, 2.24) is 14.7 Å². The van der Waals surface area contributed by atoms with E-state index in [2.05, 4.69) is 21.9 Å². The molecule has 234 valence electrons. The van der Waals surface area contributed by atoms with Crippen molar-refractivity contribution in [2.45, 2.75) is 51.4 Å². The first-order chi connectivity index (χ1) is 20.7. The molecule has 3 aliphatic rings. The summed E-state index contributed by atoms with van der Waals surface area (Å²) < 4.78 is 23.5. The minimum atomic E-state index is -0.478. The molecule has 0 bridgehead atoms. The number of anilines is 1. The second-order valence-electron chi connectivity index (χ2n) is 12.6. The number of rotatable bonds is 7. The molecule has 3 saturated heterocycles. The van der Waals surface area contributed by atoms with Crippen molar-refractivity contribution in [3.8, 4) is 5.75 Å². The third kappa shape index (κ3) is 8.76. The van der Waals surface area contributed by atoms with E-state index >= 15 is 0 Å². The van der Waals surface area contributed by atoms with Gasteiger partial charge in [0.2, 0.25) is 0 Å². The second-order valence-corrected chi connectivity index (χ2v) is 12.6. The number of benzene rings is 2. The third-order valence-corrected chi connectivity index (χ3v) is 8.27. The molecular formula is C33H46N4O6. The van der Waals surface area contributed by atoms with E-state index in [4.69, 9.17) is 18.9 Å². The van der Waals surface area contributed by atoms with E-state index in [0.717, 1.165) is 62.6 Å². The molecule has 3 aliphatic heterocycles. The fraction of sp³-hybridized carbons (Fsp3) is 0.576. The van der Waals surface area contributed by atoms with E-state index < -0.39 is 5.60 Å². The standard InChI is InChI=1S/C33H46N4O6/c1-32(2,3)43-31(39)36-18-16-34(17-19-36)20-22-40-29-11-7-10-28(24-29)37-21-23-42-33(26-37)12-14-35(15-13-33)30(38)41-25-27-8-5-4-6-9-27/h4-11,24H,12-23,25-26H2,1-3H3. The Morgan fingerprint density at radius 2 is 1.58 bits per heavy atom. The quantitative estimate of drug-likeness (QED) is 0.459. The van der Waals surface area contributed by atoms with Crippen LogP contribution in [0.1, 0.15) is 39.2 Å². The third-order valence-electron chi connectivity index (χ3n) is 8.27. The fourth-order valence-corrected chi connectivity index (χ4v) is 5.82. The van der Waals surface area contributed by atoms with Crippen molar-refractivity contribution in [3.63, 3.8) is 0 Å². The van der Waals surface area contributed by atoms with E-state index in [1.807, 2.05) is 63.2 Å². The Morgan fingerprint density at radius 1 is 0.860 bits per heavy atom. The zero-order valence-electron chi connectivity index (χ0n) is 25.8. The number of carbonyl (C=O) groups excluding carboxylic acids is 2. The van der Waals surface area contributed by atoms with E-state index in [1.54, 1.807) is 9.80 Å². The Balaban J connectivity index is 1.05. The average molecular weight is 595 g/mol. The maximum absolute atomic E-state index is 12.7. The summed E-state index contributed by atoms with van der Waals surface area (Å²) >= 11 is 0. The summed E-state index contributed by atoms with van der Waals surface area (Å²) in [5.74, 6) is 0.849. The predicted molar refractivity (Wildman–Crippen MR) is 165 cm³/mol. The summed E-state index contributed by atoms with van der Waals surface area (Å²) in [6.07, 6.45) is 1.06. The van der Waals surface area contributed by atoms with Crippen LogP contribution in [0.15, 0.2) is 54.6 Å². The summed E-state index contributed by atoms with van der Waals surface area (Å²) in [6, 6.07) is 18.0. The Morgan fingerprint density at radius 3 is 2.30 bits per heavy atom. The number of hydrogen-bond donors (Lipinski definition) is 0. The van der Waals surface area contributed by atoms with Crippen molar-refractivity contribution in [3.05, 3.63) is 60.2 Å². The Bertz CT molecular complexity index is 1200. The number of piperazine rings is 1. The van der Waals surface area contributed by atoms with Crippen molar-refractivity contribution in [2.24, 2.45) is 0 Å². The number of likely N-dealkylation sites (tertiary alicyclic amines) is 1. The predicted octanol–water partition coefficient (Wildman–Crippen LogP) is 4.63. The summed E-state index contributed by atoms with van der Waals surface area (Å²) in [4.78, 5) is 33.2. The zero-order valence-corrected chi connectivity index (χ0v) is 25.8. The van der Waals surface area contributed by atoms with Crippen molar-refractivity contribution in [2.75, 3.05) is 77.0 Å². The maximum Gasteiger partial charge on any atom is 0.410 e. The number of hydrogen-bond acceptors (Lipinski definition) is 8.